The van der Waals surface area contributed by atoms with Gasteiger partial charge in [-0.15, -0.1) is 0 Å². The number of carbonyl (C=O) groups is 3. The third-order valence-corrected chi connectivity index (χ3v) is 10.4. The standard InChI is InChI=1S/C59H94O6/c1-4-7-10-13-16-19-22-25-27-28-29-30-32-34-37-40-43-46-49-52-58(61)64-55-56(54-63-57(60)51-48-45-42-39-36-33-24-21-18-15-12-9-6-3)65-59(62)53-50-47-44-41-38-35-31-26-23-20-17-14-11-8-5-2/h7-8,10-11,16-17,19-21,24-27,29-31,34,37-38,41,56H,4-6,9,12-15,18,22-23,28,32-33,35-36,39-40,42-55H2,1-3H3/b10-7-,11-8-,19-16-,20-17-,24-21-,27-25-,30-29-,31-26-,37-34-,41-38-/t56-/m1/s1. The van der Waals surface area contributed by atoms with Gasteiger partial charge < -0.3 is 14.2 Å². The maximum Gasteiger partial charge on any atom is 0.306 e. The van der Waals surface area contributed by atoms with Crippen LogP contribution in [0.3, 0.4) is 0 Å². The average molecular weight is 899 g/mol. The Bertz CT molecular complexity index is 1400. The van der Waals surface area contributed by atoms with Crippen LogP contribution in [0.15, 0.2) is 122 Å². The van der Waals surface area contributed by atoms with Crippen molar-refractivity contribution in [3.05, 3.63) is 122 Å². The molecule has 6 heteroatoms. The molecule has 0 aliphatic carbocycles. The highest BCUT2D eigenvalue weighted by Crippen LogP contribution is 2.12. The number of unbranched alkanes of at least 4 members (excludes halogenated alkanes) is 14. The third kappa shape index (κ3) is 50.7. The molecular weight excluding hydrogens is 805 g/mol. The highest BCUT2D eigenvalue weighted by molar-refractivity contribution is 5.71. The fourth-order valence-corrected chi connectivity index (χ4v) is 6.57. The van der Waals surface area contributed by atoms with Crippen LogP contribution in [0.25, 0.3) is 0 Å². The Morgan fingerprint density at radius 2 is 0.600 bits per heavy atom. The topological polar surface area (TPSA) is 78.9 Å². The number of carbonyl (C=O) groups excluding carboxylic acids is 3. The van der Waals surface area contributed by atoms with Crippen LogP contribution in [0.5, 0.6) is 0 Å². The predicted molar refractivity (Wildman–Crippen MR) is 279 cm³/mol. The number of rotatable bonds is 45. The second-order valence-electron chi connectivity index (χ2n) is 16.7. The van der Waals surface area contributed by atoms with E-state index in [1.807, 2.05) is 0 Å². The van der Waals surface area contributed by atoms with Crippen molar-refractivity contribution in [2.45, 2.75) is 219 Å². The summed E-state index contributed by atoms with van der Waals surface area (Å²) in [5, 5.41) is 0. The Morgan fingerprint density at radius 1 is 0.323 bits per heavy atom. The molecule has 0 aromatic rings. The van der Waals surface area contributed by atoms with E-state index >= 15 is 0 Å². The van der Waals surface area contributed by atoms with Gasteiger partial charge in [0.25, 0.3) is 0 Å². The van der Waals surface area contributed by atoms with Crippen molar-refractivity contribution in [1.82, 2.24) is 0 Å². The normalized spacial score (nSPS) is 13.1. The Hall–Kier alpha value is -4.19. The summed E-state index contributed by atoms with van der Waals surface area (Å²) in [6.45, 7) is 6.30. The van der Waals surface area contributed by atoms with E-state index in [1.54, 1.807) is 0 Å². The smallest absolute Gasteiger partial charge is 0.306 e. The van der Waals surface area contributed by atoms with E-state index in [4.69, 9.17) is 14.2 Å². The highest BCUT2D eigenvalue weighted by Gasteiger charge is 2.19. The van der Waals surface area contributed by atoms with Crippen molar-refractivity contribution in [3.8, 4) is 0 Å². The first kappa shape index (κ1) is 60.8. The number of hydrogen-bond donors (Lipinski definition) is 0. The summed E-state index contributed by atoms with van der Waals surface area (Å²) in [6.07, 6.45) is 71.8. The summed E-state index contributed by atoms with van der Waals surface area (Å²) >= 11 is 0. The van der Waals surface area contributed by atoms with Gasteiger partial charge in [-0.2, -0.15) is 0 Å². The van der Waals surface area contributed by atoms with Crippen molar-refractivity contribution in [2.24, 2.45) is 0 Å². The molecule has 0 aromatic heterocycles. The molecule has 6 nitrogen and oxygen atoms in total. The maximum absolute atomic E-state index is 12.8. The second kappa shape index (κ2) is 52.4. The fourth-order valence-electron chi connectivity index (χ4n) is 6.57. The number of ether oxygens (including phenoxy) is 3. The van der Waals surface area contributed by atoms with Gasteiger partial charge in [-0.3, -0.25) is 14.4 Å². The van der Waals surface area contributed by atoms with E-state index in [2.05, 4.69) is 142 Å². The molecule has 0 amide bonds. The van der Waals surface area contributed by atoms with Gasteiger partial charge in [0, 0.05) is 19.3 Å². The van der Waals surface area contributed by atoms with Crippen LogP contribution in [-0.4, -0.2) is 37.2 Å². The fraction of sp³-hybridized carbons (Fsp3) is 0.610. The molecule has 366 valence electrons. The summed E-state index contributed by atoms with van der Waals surface area (Å²) < 4.78 is 16.7. The molecule has 0 rings (SSSR count). The first-order chi connectivity index (χ1) is 32.0. The minimum atomic E-state index is -0.820. The Balaban J connectivity index is 4.54. The van der Waals surface area contributed by atoms with Crippen LogP contribution in [0, 0.1) is 0 Å². The van der Waals surface area contributed by atoms with Crippen LogP contribution >= 0.6 is 0 Å². The van der Waals surface area contributed by atoms with Gasteiger partial charge in [-0.1, -0.05) is 187 Å². The minimum absolute atomic E-state index is 0.113. The molecule has 0 unspecified atom stereocenters. The maximum atomic E-state index is 12.8. The van der Waals surface area contributed by atoms with Gasteiger partial charge in [0.15, 0.2) is 6.10 Å². The lowest BCUT2D eigenvalue weighted by atomic mass is 10.1. The van der Waals surface area contributed by atoms with Crippen molar-refractivity contribution in [2.75, 3.05) is 13.2 Å². The molecule has 0 bridgehead atoms. The van der Waals surface area contributed by atoms with Gasteiger partial charge in [0.05, 0.1) is 0 Å². The Labute approximate surface area is 399 Å². The van der Waals surface area contributed by atoms with E-state index in [0.717, 1.165) is 128 Å². The molecule has 0 fully saturated rings. The lowest BCUT2D eigenvalue weighted by molar-refractivity contribution is -0.167. The van der Waals surface area contributed by atoms with E-state index in [9.17, 15) is 14.4 Å². The van der Waals surface area contributed by atoms with Crippen LogP contribution in [-0.2, 0) is 28.6 Å². The summed E-state index contributed by atoms with van der Waals surface area (Å²) in [4.78, 5) is 38.0. The number of hydrogen-bond acceptors (Lipinski definition) is 6. The molecule has 65 heavy (non-hydrogen) atoms. The SMILES string of the molecule is CC/C=C\C/C=C\C/C=C\C/C=C\C/C=C\CCCCCC(=O)OC[C@@H](COC(=O)CCCCCCC/C=C\CCCCCC)OC(=O)CCCC/C=C\C/C=C\C/C=C\C/C=C\CC. The number of allylic oxidation sites excluding steroid dienone is 20. The van der Waals surface area contributed by atoms with Crippen LogP contribution in [0.2, 0.25) is 0 Å². The zero-order chi connectivity index (χ0) is 47.2. The summed E-state index contributed by atoms with van der Waals surface area (Å²) in [6, 6.07) is 0. The molecule has 0 N–H and O–H groups in total. The molecule has 0 saturated carbocycles. The largest absolute Gasteiger partial charge is 0.462 e. The van der Waals surface area contributed by atoms with Gasteiger partial charge in [-0.05, 0) is 128 Å². The van der Waals surface area contributed by atoms with E-state index < -0.39 is 6.10 Å². The summed E-state index contributed by atoms with van der Waals surface area (Å²) in [7, 11) is 0. The molecule has 0 aromatic carbocycles. The van der Waals surface area contributed by atoms with Crippen LogP contribution in [0.1, 0.15) is 213 Å². The van der Waals surface area contributed by atoms with Gasteiger partial charge in [0.2, 0.25) is 0 Å². The molecule has 1 atom stereocenters. The predicted octanol–water partition coefficient (Wildman–Crippen LogP) is 17.3. The van der Waals surface area contributed by atoms with Crippen molar-refractivity contribution >= 4 is 17.9 Å². The Morgan fingerprint density at radius 3 is 1.00 bits per heavy atom. The first-order valence-corrected chi connectivity index (χ1v) is 26.0. The molecule has 0 aliphatic rings. The quantitative estimate of drug-likeness (QED) is 0.0262. The van der Waals surface area contributed by atoms with Crippen molar-refractivity contribution in [3.63, 3.8) is 0 Å². The van der Waals surface area contributed by atoms with E-state index in [1.165, 1.54) is 38.5 Å². The molecule has 0 aliphatic heterocycles. The zero-order valence-electron chi connectivity index (χ0n) is 41.7. The van der Waals surface area contributed by atoms with Crippen molar-refractivity contribution < 1.29 is 28.6 Å². The van der Waals surface area contributed by atoms with Gasteiger partial charge >= 0.3 is 17.9 Å². The Kier molecular flexibility index (Phi) is 49.1. The lowest BCUT2D eigenvalue weighted by Crippen LogP contribution is -2.30. The molecule has 0 spiro atoms. The summed E-state index contributed by atoms with van der Waals surface area (Å²) in [5.74, 6) is -1.00. The minimum Gasteiger partial charge on any atom is -0.462 e. The van der Waals surface area contributed by atoms with Crippen molar-refractivity contribution in [1.29, 1.82) is 0 Å². The zero-order valence-corrected chi connectivity index (χ0v) is 41.7. The molecule has 0 heterocycles. The van der Waals surface area contributed by atoms with E-state index in [0.29, 0.717) is 19.3 Å². The number of esters is 3. The van der Waals surface area contributed by atoms with E-state index in [-0.39, 0.29) is 37.5 Å². The second-order valence-corrected chi connectivity index (χ2v) is 16.7. The molecule has 0 saturated heterocycles. The average Bonchev–Trinajstić information content (AvgIpc) is 3.30. The highest BCUT2D eigenvalue weighted by atomic mass is 16.6. The molecule has 0 radical (unpaired) electrons. The van der Waals surface area contributed by atoms with Crippen LogP contribution < -0.4 is 0 Å². The monoisotopic (exact) mass is 899 g/mol. The summed E-state index contributed by atoms with van der Waals surface area (Å²) in [5.41, 5.74) is 0. The molecular formula is C59H94O6. The van der Waals surface area contributed by atoms with Gasteiger partial charge in [0.1, 0.15) is 13.2 Å². The van der Waals surface area contributed by atoms with Gasteiger partial charge in [-0.25, -0.2) is 0 Å². The lowest BCUT2D eigenvalue weighted by Gasteiger charge is -2.18. The first-order valence-electron chi connectivity index (χ1n) is 26.0. The van der Waals surface area contributed by atoms with Crippen LogP contribution in [0.4, 0.5) is 0 Å². The third-order valence-electron chi connectivity index (χ3n) is 10.4.